The molecule has 1 spiro atoms. The number of nitriles is 1. The molecule has 0 radical (unpaired) electrons. The lowest BCUT2D eigenvalue weighted by Gasteiger charge is -2.52. The number of nitrogens with zero attached hydrogens (tertiary/aromatic N) is 1. The first-order valence-corrected chi connectivity index (χ1v) is 10.8. The highest BCUT2D eigenvalue weighted by Gasteiger charge is 2.61. The Bertz CT molecular complexity index is 756. The minimum atomic E-state index is -0.330. The number of fused-ring (bicyclic) bond motifs is 4. The second kappa shape index (κ2) is 5.92. The summed E-state index contributed by atoms with van der Waals surface area (Å²) in [6.07, 6.45) is 10.7. The largest absolute Gasteiger partial charge is 0.392 e. The molecule has 0 aromatic heterocycles. The lowest BCUT2D eigenvalue weighted by molar-refractivity contribution is -0.310. The van der Waals surface area contributed by atoms with Crippen molar-refractivity contribution in [2.24, 2.45) is 22.7 Å². The average molecular weight is 370 g/mol. The van der Waals surface area contributed by atoms with E-state index in [2.05, 4.69) is 26.0 Å². The maximum atomic E-state index is 11.2. The summed E-state index contributed by atoms with van der Waals surface area (Å²) in [6, 6.07) is 2.71. The molecule has 27 heavy (non-hydrogen) atoms. The van der Waals surface area contributed by atoms with Crippen LogP contribution in [0.15, 0.2) is 22.8 Å². The van der Waals surface area contributed by atoms with Crippen molar-refractivity contribution in [1.82, 2.24) is 0 Å². The molecule has 1 saturated heterocycles. The summed E-state index contributed by atoms with van der Waals surface area (Å²) in [5, 5.41) is 21.2. The summed E-state index contributed by atoms with van der Waals surface area (Å²) in [7, 11) is 0. The van der Waals surface area contributed by atoms with Crippen LogP contribution in [0.25, 0.3) is 0 Å². The standard InChI is InChI=1S/C23H31NO3/c1-3-22(14-24)8-6-18-20-17(4-7-21(18,22)2)16-5-9-23(10-11-26-27-23)13-15(16)12-19(20)25/h4,18-20,25H,3,5-13H2,1-2H3/t18-,19+,20+,21-,22+,23?/m0/s1. The molecule has 2 fully saturated rings. The summed E-state index contributed by atoms with van der Waals surface area (Å²) in [4.78, 5) is 10.9. The Hall–Kier alpha value is -1.15. The van der Waals surface area contributed by atoms with Crippen LogP contribution in [-0.2, 0) is 9.78 Å². The van der Waals surface area contributed by atoms with Crippen molar-refractivity contribution in [3.63, 3.8) is 0 Å². The van der Waals surface area contributed by atoms with Crippen molar-refractivity contribution in [2.45, 2.75) is 83.3 Å². The van der Waals surface area contributed by atoms with Crippen LogP contribution in [0.1, 0.15) is 71.6 Å². The number of hydrogen-bond acceptors (Lipinski definition) is 4. The Balaban J connectivity index is 1.53. The fraction of sp³-hybridized carbons (Fsp3) is 0.783. The van der Waals surface area contributed by atoms with Gasteiger partial charge in [-0.3, -0.25) is 0 Å². The van der Waals surface area contributed by atoms with E-state index < -0.39 is 0 Å². The Labute approximate surface area is 162 Å². The van der Waals surface area contributed by atoms with Gasteiger partial charge < -0.3 is 5.11 Å². The molecule has 146 valence electrons. The van der Waals surface area contributed by atoms with Gasteiger partial charge in [0.25, 0.3) is 0 Å². The van der Waals surface area contributed by atoms with Gasteiger partial charge in [0, 0.05) is 18.8 Å². The van der Waals surface area contributed by atoms with Crippen molar-refractivity contribution in [2.75, 3.05) is 6.61 Å². The summed E-state index contributed by atoms with van der Waals surface area (Å²) < 4.78 is 0. The zero-order chi connectivity index (χ0) is 18.9. The molecule has 0 aromatic rings. The lowest BCUT2D eigenvalue weighted by atomic mass is 9.52. The molecule has 0 amide bonds. The van der Waals surface area contributed by atoms with Crippen molar-refractivity contribution >= 4 is 0 Å². The first kappa shape index (κ1) is 17.9. The van der Waals surface area contributed by atoms with Crippen LogP contribution < -0.4 is 0 Å². The van der Waals surface area contributed by atoms with Gasteiger partial charge in [-0.05, 0) is 67.4 Å². The van der Waals surface area contributed by atoms with Gasteiger partial charge in [-0.1, -0.05) is 25.5 Å². The summed E-state index contributed by atoms with van der Waals surface area (Å²) >= 11 is 0. The molecule has 1 aliphatic heterocycles. The maximum absolute atomic E-state index is 11.2. The SMILES string of the molecule is CC[C@]1(C#N)CC[C@H]2[C@H]3C(=CC[C@@]21C)C1=C(C[C@H]3O)CC2(CCOO2)CC1. The first-order valence-electron chi connectivity index (χ1n) is 10.8. The van der Waals surface area contributed by atoms with Crippen molar-refractivity contribution in [3.8, 4) is 6.07 Å². The topological polar surface area (TPSA) is 62.5 Å². The third-order valence-corrected chi connectivity index (χ3v) is 9.04. The molecule has 6 atom stereocenters. The third kappa shape index (κ3) is 2.26. The van der Waals surface area contributed by atoms with Gasteiger partial charge in [-0.15, -0.1) is 0 Å². The molecule has 0 aromatic carbocycles. The van der Waals surface area contributed by atoms with E-state index >= 15 is 0 Å². The number of allylic oxidation sites excluding steroid dienone is 2. The average Bonchev–Trinajstić information content (AvgIpc) is 3.23. The van der Waals surface area contributed by atoms with Gasteiger partial charge in [0.15, 0.2) is 0 Å². The molecule has 1 N–H and O–H groups in total. The zero-order valence-corrected chi connectivity index (χ0v) is 16.6. The Morgan fingerprint density at radius 1 is 1.33 bits per heavy atom. The predicted octanol–water partition coefficient (Wildman–Crippen LogP) is 4.60. The van der Waals surface area contributed by atoms with E-state index in [0.717, 1.165) is 57.8 Å². The van der Waals surface area contributed by atoms with Gasteiger partial charge in [-0.25, -0.2) is 9.78 Å². The second-order valence-electron chi connectivity index (χ2n) is 9.87. The molecule has 1 saturated carbocycles. The normalized spacial score (nSPS) is 48.7. The fourth-order valence-corrected chi connectivity index (χ4v) is 7.36. The summed E-state index contributed by atoms with van der Waals surface area (Å²) in [5.74, 6) is 0.627. The molecule has 1 unspecified atom stereocenters. The maximum Gasteiger partial charge on any atom is 0.110 e. The fourth-order valence-electron chi connectivity index (χ4n) is 7.36. The molecular formula is C23H31NO3. The van der Waals surface area contributed by atoms with Gasteiger partial charge >= 0.3 is 0 Å². The van der Waals surface area contributed by atoms with E-state index in [1.807, 2.05) is 0 Å². The number of hydrogen-bond donors (Lipinski definition) is 1. The zero-order valence-electron chi connectivity index (χ0n) is 16.6. The molecule has 1 heterocycles. The van der Waals surface area contributed by atoms with Crippen LogP contribution in [0.2, 0.25) is 0 Å². The third-order valence-electron chi connectivity index (χ3n) is 9.04. The van der Waals surface area contributed by atoms with Crippen molar-refractivity contribution in [1.29, 1.82) is 5.26 Å². The van der Waals surface area contributed by atoms with E-state index in [9.17, 15) is 10.4 Å². The molecular weight excluding hydrogens is 338 g/mol. The smallest absolute Gasteiger partial charge is 0.110 e. The Morgan fingerprint density at radius 3 is 2.89 bits per heavy atom. The molecule has 4 nitrogen and oxygen atoms in total. The van der Waals surface area contributed by atoms with Gasteiger partial charge in [0.2, 0.25) is 0 Å². The highest BCUT2D eigenvalue weighted by Crippen LogP contribution is 2.67. The quantitative estimate of drug-likeness (QED) is 0.686. The van der Waals surface area contributed by atoms with Crippen LogP contribution in [-0.4, -0.2) is 23.4 Å². The highest BCUT2D eigenvalue weighted by molar-refractivity contribution is 5.46. The lowest BCUT2D eigenvalue weighted by Crippen LogP contribution is -2.48. The van der Waals surface area contributed by atoms with E-state index in [1.54, 1.807) is 0 Å². The van der Waals surface area contributed by atoms with Gasteiger partial charge in [-0.2, -0.15) is 5.26 Å². The monoisotopic (exact) mass is 369 g/mol. The Morgan fingerprint density at radius 2 is 2.19 bits per heavy atom. The number of aliphatic hydroxyl groups is 1. The predicted molar refractivity (Wildman–Crippen MR) is 101 cm³/mol. The number of aliphatic hydroxyl groups excluding tert-OH is 1. The summed E-state index contributed by atoms with van der Waals surface area (Å²) in [6.45, 7) is 5.17. The van der Waals surface area contributed by atoms with Crippen LogP contribution in [0.5, 0.6) is 0 Å². The van der Waals surface area contributed by atoms with E-state index in [4.69, 9.17) is 9.78 Å². The van der Waals surface area contributed by atoms with E-state index in [1.165, 1.54) is 16.7 Å². The van der Waals surface area contributed by atoms with Crippen LogP contribution in [0.4, 0.5) is 0 Å². The van der Waals surface area contributed by atoms with E-state index in [-0.39, 0.29) is 28.5 Å². The van der Waals surface area contributed by atoms with Crippen molar-refractivity contribution in [3.05, 3.63) is 22.8 Å². The molecule has 4 heteroatoms. The number of rotatable bonds is 1. The van der Waals surface area contributed by atoms with Crippen LogP contribution in [0.3, 0.4) is 0 Å². The molecule has 5 aliphatic rings. The van der Waals surface area contributed by atoms with Crippen molar-refractivity contribution < 1.29 is 14.9 Å². The highest BCUT2D eigenvalue weighted by atomic mass is 17.2. The van der Waals surface area contributed by atoms with Crippen LogP contribution in [0, 0.1) is 34.0 Å². The van der Waals surface area contributed by atoms with Crippen LogP contribution >= 0.6 is 0 Å². The summed E-state index contributed by atoms with van der Waals surface area (Å²) in [5.41, 5.74) is 3.90. The van der Waals surface area contributed by atoms with Gasteiger partial charge in [0.1, 0.15) is 5.60 Å². The first-order chi connectivity index (χ1) is 13.0. The second-order valence-corrected chi connectivity index (χ2v) is 9.87. The molecule has 0 bridgehead atoms. The minimum Gasteiger partial charge on any atom is -0.392 e. The van der Waals surface area contributed by atoms with E-state index in [0.29, 0.717) is 12.5 Å². The molecule has 5 rings (SSSR count). The minimum absolute atomic E-state index is 0.0119. The van der Waals surface area contributed by atoms with Gasteiger partial charge in [0.05, 0.1) is 24.2 Å². The molecule has 4 aliphatic carbocycles. The Kier molecular flexibility index (Phi) is 3.93.